The average Bonchev–Trinajstić information content (AvgIpc) is 3.56. The van der Waals surface area contributed by atoms with E-state index in [4.69, 9.17) is 0 Å². The van der Waals surface area contributed by atoms with E-state index in [0.29, 0.717) is 38.6 Å². The highest BCUT2D eigenvalue weighted by atomic mass is 16.2. The summed E-state index contributed by atoms with van der Waals surface area (Å²) in [5.74, 6) is -4.11. The normalized spacial score (nSPS) is 16.2. The number of hydrogen-bond acceptors (Lipinski definition) is 7. The first kappa shape index (κ1) is 45.7. The first-order valence-corrected chi connectivity index (χ1v) is 19.4. The molecule has 1 unspecified atom stereocenters. The molecule has 1 aromatic carbocycles. The molecule has 1 fully saturated rings. The predicted molar refractivity (Wildman–Crippen MR) is 203 cm³/mol. The van der Waals surface area contributed by atoms with E-state index < -0.39 is 40.8 Å². The van der Waals surface area contributed by atoms with E-state index in [1.165, 1.54) is 6.42 Å². The van der Waals surface area contributed by atoms with Gasteiger partial charge in [-0.3, -0.25) is 33.6 Å². The van der Waals surface area contributed by atoms with Crippen molar-refractivity contribution in [3.05, 3.63) is 35.9 Å². The fourth-order valence-corrected chi connectivity index (χ4v) is 6.65. The van der Waals surface area contributed by atoms with Crippen molar-refractivity contribution in [3.63, 3.8) is 0 Å². The lowest BCUT2D eigenvalue weighted by Gasteiger charge is -2.35. The summed E-state index contributed by atoms with van der Waals surface area (Å²) in [5, 5.41) is 0. The Morgan fingerprint density at radius 3 is 1.94 bits per heavy atom. The second-order valence-electron chi connectivity index (χ2n) is 16.2. The summed E-state index contributed by atoms with van der Waals surface area (Å²) < 4.78 is 0. The minimum absolute atomic E-state index is 0.0321. The van der Waals surface area contributed by atoms with Gasteiger partial charge >= 0.3 is 0 Å². The fourth-order valence-electron chi connectivity index (χ4n) is 6.65. The Bertz CT molecular complexity index is 1310. The third-order valence-corrected chi connectivity index (χ3v) is 9.50. The van der Waals surface area contributed by atoms with Crippen LogP contribution in [0.1, 0.15) is 158 Å². The van der Waals surface area contributed by atoms with E-state index in [-0.39, 0.29) is 73.0 Å². The van der Waals surface area contributed by atoms with Gasteiger partial charge in [-0.2, -0.15) is 0 Å². The molecule has 1 aliphatic heterocycles. The lowest BCUT2D eigenvalue weighted by atomic mass is 9.76. The van der Waals surface area contributed by atoms with E-state index in [1.807, 2.05) is 71.9 Å². The van der Waals surface area contributed by atoms with Crippen molar-refractivity contribution in [2.75, 3.05) is 6.54 Å². The monoisotopic (exact) mass is 709 g/mol. The number of nitrogens with zero attached hydrogens (tertiary/aromatic N) is 1. The molecule has 8 nitrogen and oxygen atoms in total. The van der Waals surface area contributed by atoms with Gasteiger partial charge < -0.3 is 4.90 Å². The van der Waals surface area contributed by atoms with Gasteiger partial charge in [-0.15, -0.1) is 0 Å². The second kappa shape index (κ2) is 22.6. The Morgan fingerprint density at radius 2 is 1.41 bits per heavy atom. The van der Waals surface area contributed by atoms with Gasteiger partial charge in [0.1, 0.15) is 17.3 Å². The van der Waals surface area contributed by atoms with E-state index in [1.54, 1.807) is 18.7 Å². The lowest BCUT2D eigenvalue weighted by Crippen LogP contribution is -2.47. The maximum absolute atomic E-state index is 13.9. The predicted octanol–water partition coefficient (Wildman–Crippen LogP) is 8.71. The molecule has 1 saturated heterocycles. The molecule has 8 heteroatoms. The second-order valence-corrected chi connectivity index (χ2v) is 16.2. The summed E-state index contributed by atoms with van der Waals surface area (Å²) >= 11 is 0. The fraction of sp³-hybridized carbons (Fsp3) is 0.698. The highest BCUT2D eigenvalue weighted by Gasteiger charge is 2.42. The highest BCUT2D eigenvalue weighted by Crippen LogP contribution is 2.35. The Balaban J connectivity index is 0.00000418. The quantitative estimate of drug-likeness (QED) is 0.117. The third kappa shape index (κ3) is 15.5. The van der Waals surface area contributed by atoms with E-state index in [0.717, 1.165) is 12.0 Å². The lowest BCUT2D eigenvalue weighted by molar-refractivity contribution is -0.146. The zero-order valence-corrected chi connectivity index (χ0v) is 33.3. The van der Waals surface area contributed by atoms with Crippen LogP contribution in [-0.4, -0.2) is 58.1 Å². The van der Waals surface area contributed by atoms with Crippen LogP contribution in [-0.2, 0) is 33.6 Å². The Morgan fingerprint density at radius 1 is 0.804 bits per heavy atom. The molecule has 286 valence electrons. The van der Waals surface area contributed by atoms with E-state index >= 15 is 0 Å². The number of carbonyl (C=O) groups is 7. The van der Waals surface area contributed by atoms with Crippen LogP contribution >= 0.6 is 0 Å². The van der Waals surface area contributed by atoms with Crippen molar-refractivity contribution in [1.29, 1.82) is 0 Å². The van der Waals surface area contributed by atoms with Crippen LogP contribution in [0.15, 0.2) is 30.3 Å². The Kier molecular flexibility index (Phi) is 20.3. The van der Waals surface area contributed by atoms with Crippen LogP contribution in [0, 0.1) is 29.1 Å². The molecular weight excluding hydrogens is 642 g/mol. The summed E-state index contributed by atoms with van der Waals surface area (Å²) in [4.78, 5) is 94.4. The largest absolute Gasteiger partial charge is 0.332 e. The maximum atomic E-state index is 13.9. The van der Waals surface area contributed by atoms with Crippen molar-refractivity contribution in [1.82, 2.24) is 4.90 Å². The average molecular weight is 710 g/mol. The van der Waals surface area contributed by atoms with Gasteiger partial charge in [-0.25, -0.2) is 0 Å². The van der Waals surface area contributed by atoms with Gasteiger partial charge in [0.15, 0.2) is 11.6 Å². The van der Waals surface area contributed by atoms with Crippen LogP contribution in [0.5, 0.6) is 0 Å². The number of Topliss-reactive ketones (excluding diaryl/α,β-unsaturated/α-hetero) is 6. The van der Waals surface area contributed by atoms with Gasteiger partial charge in [0.05, 0.1) is 6.04 Å². The van der Waals surface area contributed by atoms with E-state index in [2.05, 4.69) is 13.8 Å². The van der Waals surface area contributed by atoms with Gasteiger partial charge in [-0.05, 0) is 36.2 Å². The number of amides is 1. The molecule has 1 aliphatic rings. The number of likely N-dealkylation sites (tertiary alicyclic amines) is 1. The summed E-state index contributed by atoms with van der Waals surface area (Å²) in [5.41, 5.74) is 0.271. The van der Waals surface area contributed by atoms with Gasteiger partial charge in [0.2, 0.25) is 11.7 Å². The number of hydrogen-bond donors (Lipinski definition) is 0. The van der Waals surface area contributed by atoms with Crippen molar-refractivity contribution in [2.24, 2.45) is 29.1 Å². The first-order valence-electron chi connectivity index (χ1n) is 19.4. The van der Waals surface area contributed by atoms with Crippen LogP contribution < -0.4 is 0 Å². The summed E-state index contributed by atoms with van der Waals surface area (Å²) in [6, 6.07) is 8.42. The molecule has 0 bridgehead atoms. The zero-order valence-electron chi connectivity index (χ0n) is 33.3. The molecule has 4 atom stereocenters. The van der Waals surface area contributed by atoms with Crippen LogP contribution in [0.2, 0.25) is 0 Å². The van der Waals surface area contributed by atoms with Crippen molar-refractivity contribution in [2.45, 2.75) is 158 Å². The molecule has 0 aliphatic carbocycles. The maximum Gasteiger partial charge on any atom is 0.227 e. The van der Waals surface area contributed by atoms with Gasteiger partial charge in [-0.1, -0.05) is 119 Å². The molecule has 2 rings (SSSR count). The van der Waals surface area contributed by atoms with E-state index in [9.17, 15) is 33.6 Å². The van der Waals surface area contributed by atoms with Crippen molar-refractivity contribution < 1.29 is 33.6 Å². The molecule has 1 heterocycles. The molecule has 0 aromatic heterocycles. The van der Waals surface area contributed by atoms with Crippen molar-refractivity contribution in [3.8, 4) is 0 Å². The van der Waals surface area contributed by atoms with Gasteiger partial charge in [0, 0.05) is 68.7 Å². The minimum Gasteiger partial charge on any atom is -0.332 e. The molecule has 1 amide bonds. The zero-order chi connectivity index (χ0) is 38.9. The molecule has 1 aromatic rings. The first-order chi connectivity index (χ1) is 23.9. The molecule has 0 saturated carbocycles. The molecular formula is C43H67NO7. The number of rotatable bonds is 21. The number of carbonyl (C=O) groups excluding carboxylic acids is 7. The summed E-state index contributed by atoms with van der Waals surface area (Å²) in [6.45, 7) is 20.0. The summed E-state index contributed by atoms with van der Waals surface area (Å²) in [7, 11) is 0. The van der Waals surface area contributed by atoms with Crippen LogP contribution in [0.25, 0.3) is 0 Å². The molecule has 51 heavy (non-hydrogen) atoms. The smallest absolute Gasteiger partial charge is 0.227 e. The number of benzene rings is 1. The van der Waals surface area contributed by atoms with Crippen molar-refractivity contribution >= 4 is 40.6 Å². The third-order valence-electron chi connectivity index (χ3n) is 9.50. The number of ketones is 6. The molecule has 0 spiro atoms. The minimum atomic E-state index is -0.816. The Labute approximate surface area is 308 Å². The van der Waals surface area contributed by atoms with Crippen LogP contribution in [0.4, 0.5) is 0 Å². The molecule has 0 radical (unpaired) electrons. The topological polar surface area (TPSA) is 123 Å². The number of unbranched alkanes of at least 4 members (excludes halogenated alkanes) is 1. The van der Waals surface area contributed by atoms with Gasteiger partial charge in [0.25, 0.3) is 0 Å². The SMILES string of the molecule is CCC.CCCCC(CC(=O)[C@@H]1CCCN1C(=O)[C@@H](CC(=O)CC(C)C)C(C)(C)C)C(=O)C(=O)CCC(=O)C[C@H](C(=O)C(C)C)c1ccccc1. The summed E-state index contributed by atoms with van der Waals surface area (Å²) in [6.07, 6.45) is 4.11. The van der Waals surface area contributed by atoms with Crippen LogP contribution in [0.3, 0.4) is 0 Å². The highest BCUT2D eigenvalue weighted by molar-refractivity contribution is 6.38. The molecule has 0 N–H and O–H groups in total. The Hall–Kier alpha value is -3.29. The standard InChI is InChI=1S/C40H59NO7.C3H8/c1-9-10-15-29(38(47)35(44)20-19-30(42)24-32(37(46)27(4)5)28-16-12-11-13-17-28)23-36(45)34-18-14-21-41(34)39(48)33(40(6,7)8)25-31(43)22-26(2)3;1-3-2/h11-13,16-17,26-27,29,32-34H,9-10,14-15,18-25H2,1-8H3;3H2,1-2H3/t29?,32-,33+,34-;/m0./s1.